The molecule has 5 heteroatoms. The molecule has 2 aromatic rings. The molecule has 0 radical (unpaired) electrons. The minimum absolute atomic E-state index is 0.298. The normalized spacial score (nSPS) is 10.3. The fourth-order valence-corrected chi connectivity index (χ4v) is 1.89. The van der Waals surface area contributed by atoms with E-state index in [2.05, 4.69) is 5.32 Å². The molecule has 0 heterocycles. The molecule has 2 aromatic carbocycles. The molecule has 2 rings (SSSR count). The van der Waals surface area contributed by atoms with Crippen LogP contribution in [0.25, 0.3) is 0 Å². The fraction of sp³-hybridized carbons (Fsp3) is 0.250. The zero-order valence-corrected chi connectivity index (χ0v) is 11.8. The first-order valence-corrected chi connectivity index (χ1v) is 6.82. The van der Waals surface area contributed by atoms with Crippen molar-refractivity contribution in [3.8, 4) is 23.0 Å². The monoisotopic (exact) mass is 289 g/mol. The number of phenolic OH excluding ortho intramolecular Hbond substituents is 3. The number of nitrogens with one attached hydrogen (secondary N) is 1. The maximum absolute atomic E-state index is 9.79. The highest BCUT2D eigenvalue weighted by molar-refractivity contribution is 5.58. The second-order valence-corrected chi connectivity index (χ2v) is 4.64. The van der Waals surface area contributed by atoms with Crippen molar-refractivity contribution in [1.29, 1.82) is 0 Å². The molecule has 0 saturated carbocycles. The van der Waals surface area contributed by atoms with Crippen LogP contribution in [0.1, 0.15) is 18.9 Å². The Morgan fingerprint density at radius 3 is 2.52 bits per heavy atom. The van der Waals surface area contributed by atoms with Crippen LogP contribution in [-0.4, -0.2) is 21.9 Å². The van der Waals surface area contributed by atoms with Gasteiger partial charge in [-0.3, -0.25) is 0 Å². The van der Waals surface area contributed by atoms with Gasteiger partial charge < -0.3 is 25.4 Å². The van der Waals surface area contributed by atoms with E-state index in [1.54, 1.807) is 6.07 Å². The number of rotatable bonds is 6. The number of anilines is 1. The molecule has 0 spiro atoms. The third kappa shape index (κ3) is 3.51. The highest BCUT2D eigenvalue weighted by Crippen LogP contribution is 2.37. The molecule has 4 N–H and O–H groups in total. The predicted molar refractivity (Wildman–Crippen MR) is 81.0 cm³/mol. The summed E-state index contributed by atoms with van der Waals surface area (Å²) < 4.78 is 5.63. The fourth-order valence-electron chi connectivity index (χ4n) is 1.89. The van der Waals surface area contributed by atoms with Crippen LogP contribution in [0.5, 0.6) is 23.0 Å². The lowest BCUT2D eigenvalue weighted by Crippen LogP contribution is -2.03. The van der Waals surface area contributed by atoms with E-state index < -0.39 is 5.75 Å². The molecule has 0 fully saturated rings. The number of para-hydroxylation sites is 2. The SMILES string of the molecule is CCCOc1ccccc1NCc1ccc(O)c(O)c1O. The first kappa shape index (κ1) is 14.8. The smallest absolute Gasteiger partial charge is 0.200 e. The van der Waals surface area contributed by atoms with E-state index in [1.807, 2.05) is 31.2 Å². The quantitative estimate of drug-likeness (QED) is 0.614. The number of phenols is 3. The van der Waals surface area contributed by atoms with Gasteiger partial charge in [-0.05, 0) is 30.7 Å². The van der Waals surface area contributed by atoms with E-state index in [4.69, 9.17) is 4.74 Å². The Hall–Kier alpha value is -2.56. The summed E-state index contributed by atoms with van der Waals surface area (Å²) in [6, 6.07) is 10.4. The minimum atomic E-state index is -0.509. The Labute approximate surface area is 123 Å². The van der Waals surface area contributed by atoms with Gasteiger partial charge in [-0.25, -0.2) is 0 Å². The topological polar surface area (TPSA) is 82.0 Å². The van der Waals surface area contributed by atoms with Gasteiger partial charge in [-0.2, -0.15) is 0 Å². The van der Waals surface area contributed by atoms with E-state index in [9.17, 15) is 15.3 Å². The van der Waals surface area contributed by atoms with Crippen LogP contribution < -0.4 is 10.1 Å². The van der Waals surface area contributed by atoms with E-state index in [0.717, 1.165) is 17.9 Å². The van der Waals surface area contributed by atoms with Crippen molar-refractivity contribution in [3.63, 3.8) is 0 Å². The van der Waals surface area contributed by atoms with Crippen molar-refractivity contribution in [3.05, 3.63) is 42.0 Å². The predicted octanol–water partition coefficient (Wildman–Crippen LogP) is 3.20. The van der Waals surface area contributed by atoms with Crippen molar-refractivity contribution in [1.82, 2.24) is 0 Å². The molecule has 0 bridgehead atoms. The van der Waals surface area contributed by atoms with Crippen molar-refractivity contribution in [2.75, 3.05) is 11.9 Å². The summed E-state index contributed by atoms with van der Waals surface area (Å²) in [5, 5.41) is 31.7. The van der Waals surface area contributed by atoms with Crippen LogP contribution in [0.2, 0.25) is 0 Å². The Bertz CT molecular complexity index is 613. The summed E-state index contributed by atoms with van der Waals surface area (Å²) in [7, 11) is 0. The maximum Gasteiger partial charge on any atom is 0.200 e. The lowest BCUT2D eigenvalue weighted by molar-refractivity contribution is 0.319. The van der Waals surface area contributed by atoms with Crippen LogP contribution >= 0.6 is 0 Å². The molecule has 0 aliphatic carbocycles. The second kappa shape index (κ2) is 6.74. The second-order valence-electron chi connectivity index (χ2n) is 4.64. The van der Waals surface area contributed by atoms with E-state index in [1.165, 1.54) is 6.07 Å². The van der Waals surface area contributed by atoms with Gasteiger partial charge in [0.05, 0.1) is 12.3 Å². The first-order valence-electron chi connectivity index (χ1n) is 6.82. The number of aromatic hydroxyl groups is 3. The Kier molecular flexibility index (Phi) is 4.77. The summed E-state index contributed by atoms with van der Waals surface area (Å²) in [4.78, 5) is 0. The van der Waals surface area contributed by atoms with Gasteiger partial charge in [0.1, 0.15) is 5.75 Å². The van der Waals surface area contributed by atoms with Crippen molar-refractivity contribution in [2.45, 2.75) is 19.9 Å². The lowest BCUT2D eigenvalue weighted by atomic mass is 10.1. The van der Waals surface area contributed by atoms with Gasteiger partial charge >= 0.3 is 0 Å². The van der Waals surface area contributed by atoms with Gasteiger partial charge in [-0.1, -0.05) is 19.1 Å². The molecule has 0 saturated heterocycles. The van der Waals surface area contributed by atoms with E-state index >= 15 is 0 Å². The molecule has 0 amide bonds. The van der Waals surface area contributed by atoms with Gasteiger partial charge in [-0.15, -0.1) is 0 Å². The van der Waals surface area contributed by atoms with Gasteiger partial charge in [0, 0.05) is 12.1 Å². The Morgan fingerprint density at radius 2 is 1.76 bits per heavy atom. The summed E-state index contributed by atoms with van der Waals surface area (Å²) in [6.07, 6.45) is 0.918. The average molecular weight is 289 g/mol. The molecule has 0 aliphatic heterocycles. The summed E-state index contributed by atoms with van der Waals surface area (Å²) in [5.74, 6) is -0.441. The summed E-state index contributed by atoms with van der Waals surface area (Å²) >= 11 is 0. The molecule has 0 aliphatic rings. The van der Waals surface area contributed by atoms with E-state index in [-0.39, 0.29) is 11.5 Å². The maximum atomic E-state index is 9.79. The molecule has 0 atom stereocenters. The van der Waals surface area contributed by atoms with Gasteiger partial charge in [0.2, 0.25) is 5.75 Å². The van der Waals surface area contributed by atoms with Crippen molar-refractivity contribution >= 4 is 5.69 Å². The lowest BCUT2D eigenvalue weighted by Gasteiger charge is -2.14. The third-order valence-electron chi connectivity index (χ3n) is 3.03. The Morgan fingerprint density at radius 1 is 1.00 bits per heavy atom. The van der Waals surface area contributed by atoms with Crippen molar-refractivity contribution < 1.29 is 20.1 Å². The minimum Gasteiger partial charge on any atom is -0.504 e. The molecule has 0 unspecified atom stereocenters. The highest BCUT2D eigenvalue weighted by Gasteiger charge is 2.11. The summed E-state index contributed by atoms with van der Waals surface area (Å²) in [6.45, 7) is 2.96. The van der Waals surface area contributed by atoms with Crippen LogP contribution in [0.4, 0.5) is 5.69 Å². The standard InChI is InChI=1S/C16H19NO4/c1-2-9-21-14-6-4-3-5-12(14)17-10-11-7-8-13(18)16(20)15(11)19/h3-8,17-20H,2,9-10H2,1H3. The van der Waals surface area contributed by atoms with Crippen molar-refractivity contribution in [2.24, 2.45) is 0 Å². The molecule has 112 valence electrons. The highest BCUT2D eigenvalue weighted by atomic mass is 16.5. The third-order valence-corrected chi connectivity index (χ3v) is 3.03. The van der Waals surface area contributed by atoms with Crippen LogP contribution in [0.15, 0.2) is 36.4 Å². The first-order chi connectivity index (χ1) is 10.1. The molecule has 5 nitrogen and oxygen atoms in total. The largest absolute Gasteiger partial charge is 0.504 e. The van der Waals surface area contributed by atoms with Crippen LogP contribution in [-0.2, 0) is 6.54 Å². The Balaban J connectivity index is 2.11. The number of benzene rings is 2. The molecule has 21 heavy (non-hydrogen) atoms. The summed E-state index contributed by atoms with van der Waals surface area (Å²) in [5.41, 5.74) is 1.29. The number of hydrogen-bond donors (Lipinski definition) is 4. The number of ether oxygens (including phenoxy) is 1. The molecular weight excluding hydrogens is 270 g/mol. The van der Waals surface area contributed by atoms with Gasteiger partial charge in [0.15, 0.2) is 11.5 Å². The van der Waals surface area contributed by atoms with E-state index in [0.29, 0.717) is 18.7 Å². The average Bonchev–Trinajstić information content (AvgIpc) is 2.51. The van der Waals surface area contributed by atoms with Gasteiger partial charge in [0.25, 0.3) is 0 Å². The zero-order valence-electron chi connectivity index (χ0n) is 11.8. The number of hydrogen-bond acceptors (Lipinski definition) is 5. The van der Waals surface area contributed by atoms with Crippen LogP contribution in [0, 0.1) is 0 Å². The zero-order chi connectivity index (χ0) is 15.2. The molecule has 0 aromatic heterocycles. The van der Waals surface area contributed by atoms with Crippen LogP contribution in [0.3, 0.4) is 0 Å². The molecular formula is C16H19NO4.